The Bertz CT molecular complexity index is 1000. The number of amides is 1. The standard InChI is InChI=1S/C26H29NO6/c1-2-30-19-8-10-20(11-9-19)33-21-5-3-4-17(12-21)23(28)13-18-14-31-25-22(15-32-24(18)25)27-26(29)16-6-7-16/h3-5,8-12,16,18,22,24-25H,2,6-7,13-15H2,1H3,(H,27,29)/t18-,22-,24+,25+/m0/s1. The van der Waals surface area contributed by atoms with Crippen LogP contribution in [0.5, 0.6) is 17.2 Å². The Morgan fingerprint density at radius 3 is 2.48 bits per heavy atom. The van der Waals surface area contributed by atoms with Gasteiger partial charge in [0.15, 0.2) is 5.78 Å². The molecule has 33 heavy (non-hydrogen) atoms. The van der Waals surface area contributed by atoms with Gasteiger partial charge in [0.25, 0.3) is 0 Å². The molecule has 5 rings (SSSR count). The first-order valence-corrected chi connectivity index (χ1v) is 11.7. The predicted octanol–water partition coefficient (Wildman–Crippen LogP) is 3.76. The Labute approximate surface area is 193 Å². The molecule has 0 spiro atoms. The molecule has 2 heterocycles. The molecule has 4 atom stereocenters. The molecule has 0 bridgehead atoms. The van der Waals surface area contributed by atoms with Gasteiger partial charge in [0, 0.05) is 23.8 Å². The molecule has 2 aromatic rings. The Morgan fingerprint density at radius 1 is 0.970 bits per heavy atom. The third kappa shape index (κ3) is 5.04. The van der Waals surface area contributed by atoms with Crippen LogP contribution in [0.15, 0.2) is 48.5 Å². The van der Waals surface area contributed by atoms with E-state index in [1.165, 1.54) is 0 Å². The lowest BCUT2D eigenvalue weighted by atomic mass is 9.92. The minimum absolute atomic E-state index is 0.0236. The van der Waals surface area contributed by atoms with Crippen LogP contribution in [-0.2, 0) is 14.3 Å². The van der Waals surface area contributed by atoms with Crippen LogP contribution in [0.2, 0.25) is 0 Å². The Hall–Kier alpha value is -2.90. The summed E-state index contributed by atoms with van der Waals surface area (Å²) in [6, 6.07) is 14.5. The van der Waals surface area contributed by atoms with Crippen LogP contribution in [0.25, 0.3) is 0 Å². The summed E-state index contributed by atoms with van der Waals surface area (Å²) >= 11 is 0. The van der Waals surface area contributed by atoms with Crippen molar-refractivity contribution in [1.82, 2.24) is 5.32 Å². The van der Waals surface area contributed by atoms with E-state index in [1.54, 1.807) is 12.1 Å². The number of hydrogen-bond acceptors (Lipinski definition) is 6. The van der Waals surface area contributed by atoms with Crippen molar-refractivity contribution in [3.63, 3.8) is 0 Å². The fourth-order valence-corrected chi connectivity index (χ4v) is 4.52. The van der Waals surface area contributed by atoms with Gasteiger partial charge in [-0.1, -0.05) is 12.1 Å². The van der Waals surface area contributed by atoms with E-state index in [-0.39, 0.29) is 41.8 Å². The first kappa shape index (κ1) is 21.9. The van der Waals surface area contributed by atoms with Crippen molar-refractivity contribution >= 4 is 11.7 Å². The van der Waals surface area contributed by atoms with E-state index >= 15 is 0 Å². The van der Waals surface area contributed by atoms with Crippen molar-refractivity contribution in [2.24, 2.45) is 11.8 Å². The van der Waals surface area contributed by atoms with Gasteiger partial charge >= 0.3 is 0 Å². The highest BCUT2D eigenvalue weighted by molar-refractivity contribution is 5.96. The first-order valence-electron chi connectivity index (χ1n) is 11.7. The molecular formula is C26H29NO6. The fraction of sp³-hybridized carbons (Fsp3) is 0.462. The molecule has 1 amide bonds. The second kappa shape index (κ2) is 9.53. The largest absolute Gasteiger partial charge is 0.494 e. The highest BCUT2D eigenvalue weighted by Crippen LogP contribution is 2.35. The number of ketones is 1. The zero-order chi connectivity index (χ0) is 22.8. The van der Waals surface area contributed by atoms with E-state index in [0.29, 0.717) is 43.3 Å². The molecule has 2 aromatic carbocycles. The van der Waals surface area contributed by atoms with E-state index in [1.807, 2.05) is 43.3 Å². The van der Waals surface area contributed by atoms with E-state index in [9.17, 15) is 9.59 Å². The molecule has 3 aliphatic rings. The van der Waals surface area contributed by atoms with Crippen LogP contribution in [0.1, 0.15) is 36.5 Å². The first-order chi connectivity index (χ1) is 16.1. The maximum absolute atomic E-state index is 13.0. The molecule has 7 nitrogen and oxygen atoms in total. The van der Waals surface area contributed by atoms with Crippen molar-refractivity contribution in [2.75, 3.05) is 19.8 Å². The van der Waals surface area contributed by atoms with Gasteiger partial charge in [0.2, 0.25) is 5.91 Å². The maximum atomic E-state index is 13.0. The highest BCUT2D eigenvalue weighted by Gasteiger charge is 2.49. The number of rotatable bonds is 9. The summed E-state index contributed by atoms with van der Waals surface area (Å²) in [5, 5.41) is 3.06. The van der Waals surface area contributed by atoms with Crippen molar-refractivity contribution in [3.05, 3.63) is 54.1 Å². The predicted molar refractivity (Wildman–Crippen MR) is 121 cm³/mol. The minimum atomic E-state index is -0.181. The number of Topliss-reactive ketones (excluding diaryl/α,β-unsaturated/α-hetero) is 1. The molecule has 1 saturated carbocycles. The Kier molecular flexibility index (Phi) is 6.33. The molecule has 0 unspecified atom stereocenters. The van der Waals surface area contributed by atoms with Crippen molar-refractivity contribution in [3.8, 4) is 17.2 Å². The molecule has 0 radical (unpaired) electrons. The Morgan fingerprint density at radius 2 is 1.73 bits per heavy atom. The second-order valence-corrected chi connectivity index (χ2v) is 8.91. The summed E-state index contributed by atoms with van der Waals surface area (Å²) in [6.45, 7) is 3.44. The van der Waals surface area contributed by atoms with Gasteiger partial charge in [-0.2, -0.15) is 0 Å². The van der Waals surface area contributed by atoms with Crippen molar-refractivity contribution < 1.29 is 28.5 Å². The number of benzene rings is 2. The van der Waals surface area contributed by atoms with Crippen LogP contribution in [0.4, 0.5) is 0 Å². The lowest BCUT2D eigenvalue weighted by Crippen LogP contribution is -2.44. The van der Waals surface area contributed by atoms with Crippen LogP contribution in [0.3, 0.4) is 0 Å². The molecule has 0 aromatic heterocycles. The third-order valence-corrected chi connectivity index (χ3v) is 6.41. The summed E-state index contributed by atoms with van der Waals surface area (Å²) in [6.07, 6.45) is 1.91. The van der Waals surface area contributed by atoms with E-state index in [0.717, 1.165) is 18.6 Å². The average Bonchev–Trinajstić information content (AvgIpc) is 3.50. The molecule has 2 saturated heterocycles. The topological polar surface area (TPSA) is 83.1 Å². The van der Waals surface area contributed by atoms with Crippen LogP contribution in [-0.4, -0.2) is 49.8 Å². The molecule has 3 fully saturated rings. The van der Waals surface area contributed by atoms with E-state index in [2.05, 4.69) is 5.32 Å². The monoisotopic (exact) mass is 451 g/mol. The van der Waals surface area contributed by atoms with Gasteiger partial charge in [-0.25, -0.2) is 0 Å². The number of fused-ring (bicyclic) bond motifs is 1. The van der Waals surface area contributed by atoms with Gasteiger partial charge < -0.3 is 24.3 Å². The molecular weight excluding hydrogens is 422 g/mol. The number of nitrogens with one attached hydrogen (secondary N) is 1. The zero-order valence-electron chi connectivity index (χ0n) is 18.7. The lowest BCUT2D eigenvalue weighted by molar-refractivity contribution is -0.123. The van der Waals surface area contributed by atoms with Gasteiger partial charge in [-0.3, -0.25) is 9.59 Å². The lowest BCUT2D eigenvalue weighted by Gasteiger charge is -2.17. The number of ether oxygens (including phenoxy) is 4. The van der Waals surface area contributed by atoms with Gasteiger partial charge in [-0.05, 0) is 56.2 Å². The number of carbonyl (C=O) groups excluding carboxylic acids is 2. The maximum Gasteiger partial charge on any atom is 0.223 e. The zero-order valence-corrected chi connectivity index (χ0v) is 18.7. The van der Waals surface area contributed by atoms with Crippen molar-refractivity contribution in [1.29, 1.82) is 0 Å². The minimum Gasteiger partial charge on any atom is -0.494 e. The van der Waals surface area contributed by atoms with Crippen LogP contribution < -0.4 is 14.8 Å². The number of carbonyl (C=O) groups is 2. The SMILES string of the molecule is CCOc1ccc(Oc2cccc(C(=O)C[C@H]3CO[C@H]4[C@@H]3OC[C@@H]4NC(=O)C3CC3)c2)cc1. The highest BCUT2D eigenvalue weighted by atomic mass is 16.6. The second-order valence-electron chi connectivity index (χ2n) is 8.91. The fourth-order valence-electron chi connectivity index (χ4n) is 4.52. The smallest absolute Gasteiger partial charge is 0.223 e. The summed E-state index contributed by atoms with van der Waals surface area (Å²) < 4.78 is 23.3. The summed E-state index contributed by atoms with van der Waals surface area (Å²) in [5.74, 6) is 2.31. The van der Waals surface area contributed by atoms with E-state index < -0.39 is 0 Å². The third-order valence-electron chi connectivity index (χ3n) is 6.41. The van der Waals surface area contributed by atoms with Crippen molar-refractivity contribution in [2.45, 2.75) is 44.4 Å². The van der Waals surface area contributed by atoms with Gasteiger partial charge in [0.1, 0.15) is 23.4 Å². The average molecular weight is 452 g/mol. The summed E-state index contributed by atoms with van der Waals surface area (Å²) in [4.78, 5) is 25.1. The Balaban J connectivity index is 1.18. The molecule has 1 aliphatic carbocycles. The molecule has 174 valence electrons. The van der Waals surface area contributed by atoms with Gasteiger partial charge in [-0.15, -0.1) is 0 Å². The molecule has 2 aliphatic heterocycles. The van der Waals surface area contributed by atoms with Gasteiger partial charge in [0.05, 0.1) is 32.0 Å². The summed E-state index contributed by atoms with van der Waals surface area (Å²) in [5.41, 5.74) is 0.596. The quantitative estimate of drug-likeness (QED) is 0.585. The van der Waals surface area contributed by atoms with Crippen LogP contribution in [0, 0.1) is 11.8 Å². The number of hydrogen-bond donors (Lipinski definition) is 1. The normalized spacial score (nSPS) is 26.0. The molecule has 1 N–H and O–H groups in total. The molecule has 7 heteroatoms. The van der Waals surface area contributed by atoms with E-state index in [4.69, 9.17) is 18.9 Å². The summed E-state index contributed by atoms with van der Waals surface area (Å²) in [7, 11) is 0. The van der Waals surface area contributed by atoms with Crippen LogP contribution >= 0.6 is 0 Å².